The zero-order valence-electron chi connectivity index (χ0n) is 14.5. The average Bonchev–Trinajstić information content (AvgIpc) is 2.52. The van der Waals surface area contributed by atoms with Crippen LogP contribution < -0.4 is 0 Å². The molecule has 22 heavy (non-hydrogen) atoms. The Kier molecular flexibility index (Phi) is 4.77. The molecule has 0 amide bonds. The highest BCUT2D eigenvalue weighted by atomic mass is 14.3. The molecule has 0 bridgehead atoms. The Morgan fingerprint density at radius 1 is 0.818 bits per heavy atom. The summed E-state index contributed by atoms with van der Waals surface area (Å²) in [5.74, 6) is 2.77. The zero-order valence-corrected chi connectivity index (χ0v) is 14.5. The molecule has 0 unspecified atom stereocenters. The van der Waals surface area contributed by atoms with E-state index in [-0.39, 0.29) is 5.41 Å². The molecule has 2 rings (SSSR count). The summed E-state index contributed by atoms with van der Waals surface area (Å²) in [6.07, 6.45) is 7.74. The summed E-state index contributed by atoms with van der Waals surface area (Å²) >= 11 is 0. The largest absolute Gasteiger partial charge is 0.115 e. The van der Waals surface area contributed by atoms with Gasteiger partial charge in [0.1, 0.15) is 0 Å². The van der Waals surface area contributed by atoms with E-state index in [1.54, 1.807) is 0 Å². The second kappa shape index (κ2) is 6.41. The second-order valence-corrected chi connectivity index (χ2v) is 6.26. The summed E-state index contributed by atoms with van der Waals surface area (Å²) in [6.45, 7) is 11.0. The molecule has 0 fully saturated rings. The lowest BCUT2D eigenvalue weighted by Crippen LogP contribution is -2.26. The Labute approximate surface area is 135 Å². The average molecular weight is 290 g/mol. The van der Waals surface area contributed by atoms with Gasteiger partial charge in [0, 0.05) is 11.0 Å². The number of rotatable bonds is 4. The predicted octanol–water partition coefficient (Wildman–Crippen LogP) is 5.70. The molecule has 0 atom stereocenters. The minimum absolute atomic E-state index is 0.0658. The van der Waals surface area contributed by atoms with Crippen LogP contribution in [-0.2, 0) is 5.41 Å². The maximum Gasteiger partial charge on any atom is 0.0272 e. The quantitative estimate of drug-likeness (QED) is 0.634. The van der Waals surface area contributed by atoms with Crippen LogP contribution in [0.5, 0.6) is 0 Å². The fourth-order valence-corrected chi connectivity index (χ4v) is 3.40. The molecule has 0 aliphatic rings. The van der Waals surface area contributed by atoms with Crippen LogP contribution in [0.1, 0.15) is 60.1 Å². The van der Waals surface area contributed by atoms with Crippen LogP contribution in [0.2, 0.25) is 0 Å². The number of hydrogen-bond donors (Lipinski definition) is 0. The van der Waals surface area contributed by atoms with Crippen molar-refractivity contribution < 1.29 is 0 Å². The van der Waals surface area contributed by atoms with Gasteiger partial charge in [-0.25, -0.2) is 0 Å². The standard InChI is InChI=1S/C22H26/c1-7-19-11-13-21(15-18(19)6)22(8-2,9-3)20-12-10-16(4)17(5)14-20/h1,10-15H,8-9H2,2-6H3. The summed E-state index contributed by atoms with van der Waals surface area (Å²) in [7, 11) is 0. The van der Waals surface area contributed by atoms with Gasteiger partial charge in [-0.3, -0.25) is 0 Å². The molecule has 0 heteroatoms. The topological polar surface area (TPSA) is 0 Å². The van der Waals surface area contributed by atoms with E-state index in [0.717, 1.165) is 18.4 Å². The van der Waals surface area contributed by atoms with Crippen LogP contribution >= 0.6 is 0 Å². The molecular weight excluding hydrogens is 264 g/mol. The van der Waals surface area contributed by atoms with E-state index >= 15 is 0 Å². The minimum atomic E-state index is 0.0658. The number of terminal acetylenes is 1. The zero-order chi connectivity index (χ0) is 16.3. The number of benzene rings is 2. The number of hydrogen-bond acceptors (Lipinski definition) is 0. The van der Waals surface area contributed by atoms with Crippen LogP contribution in [0, 0.1) is 33.1 Å². The van der Waals surface area contributed by atoms with Crippen molar-refractivity contribution >= 4 is 0 Å². The van der Waals surface area contributed by atoms with Gasteiger partial charge in [0.05, 0.1) is 0 Å². The molecule has 0 aliphatic carbocycles. The van der Waals surface area contributed by atoms with Crippen molar-refractivity contribution in [2.24, 2.45) is 0 Å². The molecule has 0 saturated carbocycles. The Hall–Kier alpha value is -2.00. The Balaban J connectivity index is 2.64. The van der Waals surface area contributed by atoms with Gasteiger partial charge < -0.3 is 0 Å². The first-order valence-electron chi connectivity index (χ1n) is 8.14. The lowest BCUT2D eigenvalue weighted by atomic mass is 9.69. The van der Waals surface area contributed by atoms with Crippen molar-refractivity contribution in [1.29, 1.82) is 0 Å². The van der Waals surface area contributed by atoms with Gasteiger partial charge in [-0.2, -0.15) is 0 Å². The van der Waals surface area contributed by atoms with E-state index in [2.05, 4.69) is 76.9 Å². The van der Waals surface area contributed by atoms with Crippen molar-refractivity contribution in [2.45, 2.75) is 52.9 Å². The molecule has 0 heterocycles. The van der Waals surface area contributed by atoms with Crippen molar-refractivity contribution in [3.05, 3.63) is 69.8 Å². The molecule has 0 aliphatic heterocycles. The SMILES string of the molecule is C#Cc1ccc(C(CC)(CC)c2ccc(C)c(C)c2)cc1C. The molecule has 114 valence electrons. The molecule has 0 aromatic heterocycles. The molecule has 0 radical (unpaired) electrons. The summed E-state index contributed by atoms with van der Waals surface area (Å²) in [5.41, 5.74) is 7.74. The van der Waals surface area contributed by atoms with E-state index in [1.807, 2.05) is 0 Å². The maximum absolute atomic E-state index is 5.57. The fraction of sp³-hybridized carbons (Fsp3) is 0.364. The van der Waals surface area contributed by atoms with Crippen LogP contribution in [0.25, 0.3) is 0 Å². The third-order valence-electron chi connectivity index (χ3n) is 5.20. The van der Waals surface area contributed by atoms with Crippen molar-refractivity contribution in [2.75, 3.05) is 0 Å². The molecule has 0 spiro atoms. The summed E-state index contributed by atoms with van der Waals surface area (Å²) in [6, 6.07) is 13.5. The number of aryl methyl sites for hydroxylation is 3. The Morgan fingerprint density at radius 3 is 1.82 bits per heavy atom. The van der Waals surface area contributed by atoms with Gasteiger partial charge in [-0.15, -0.1) is 6.42 Å². The van der Waals surface area contributed by atoms with E-state index < -0.39 is 0 Å². The van der Waals surface area contributed by atoms with Gasteiger partial charge in [-0.05, 0) is 67.5 Å². The van der Waals surface area contributed by atoms with Crippen LogP contribution in [0.4, 0.5) is 0 Å². The van der Waals surface area contributed by atoms with Crippen LogP contribution in [0.3, 0.4) is 0 Å². The summed E-state index contributed by atoms with van der Waals surface area (Å²) < 4.78 is 0. The third-order valence-corrected chi connectivity index (χ3v) is 5.20. The molecule has 0 N–H and O–H groups in total. The van der Waals surface area contributed by atoms with E-state index in [1.165, 1.54) is 27.8 Å². The Bertz CT molecular complexity index is 709. The first kappa shape index (κ1) is 16.4. The van der Waals surface area contributed by atoms with Crippen LogP contribution in [0.15, 0.2) is 36.4 Å². The van der Waals surface area contributed by atoms with E-state index in [9.17, 15) is 0 Å². The molecule has 0 nitrogen and oxygen atoms in total. The van der Waals surface area contributed by atoms with E-state index in [0.29, 0.717) is 0 Å². The highest BCUT2D eigenvalue weighted by Gasteiger charge is 2.31. The van der Waals surface area contributed by atoms with Gasteiger partial charge >= 0.3 is 0 Å². The van der Waals surface area contributed by atoms with Gasteiger partial charge in [0.15, 0.2) is 0 Å². The Morgan fingerprint density at radius 2 is 1.36 bits per heavy atom. The molecule has 2 aromatic carbocycles. The van der Waals surface area contributed by atoms with Crippen molar-refractivity contribution in [3.8, 4) is 12.3 Å². The predicted molar refractivity (Wildman–Crippen MR) is 96.4 cm³/mol. The van der Waals surface area contributed by atoms with Gasteiger partial charge in [0.2, 0.25) is 0 Å². The molecular formula is C22H26. The first-order valence-corrected chi connectivity index (χ1v) is 8.14. The monoisotopic (exact) mass is 290 g/mol. The second-order valence-electron chi connectivity index (χ2n) is 6.26. The maximum atomic E-state index is 5.57. The summed E-state index contributed by atoms with van der Waals surface area (Å²) in [5, 5.41) is 0. The smallest absolute Gasteiger partial charge is 0.0272 e. The molecule has 2 aromatic rings. The van der Waals surface area contributed by atoms with Crippen LogP contribution in [-0.4, -0.2) is 0 Å². The summed E-state index contributed by atoms with van der Waals surface area (Å²) in [4.78, 5) is 0. The minimum Gasteiger partial charge on any atom is -0.115 e. The van der Waals surface area contributed by atoms with Crippen molar-refractivity contribution in [1.82, 2.24) is 0 Å². The van der Waals surface area contributed by atoms with Crippen molar-refractivity contribution in [3.63, 3.8) is 0 Å². The lowest BCUT2D eigenvalue weighted by molar-refractivity contribution is 0.477. The first-order chi connectivity index (χ1) is 10.5. The normalized spacial score (nSPS) is 11.3. The molecule has 0 saturated heterocycles. The lowest BCUT2D eigenvalue weighted by Gasteiger charge is -2.34. The van der Waals surface area contributed by atoms with E-state index in [4.69, 9.17) is 6.42 Å². The highest BCUT2D eigenvalue weighted by molar-refractivity contribution is 5.48. The van der Waals surface area contributed by atoms with Gasteiger partial charge in [-0.1, -0.05) is 50.1 Å². The third kappa shape index (κ3) is 2.69. The highest BCUT2D eigenvalue weighted by Crippen LogP contribution is 2.40. The fourth-order valence-electron chi connectivity index (χ4n) is 3.40. The van der Waals surface area contributed by atoms with Gasteiger partial charge in [0.25, 0.3) is 0 Å².